The van der Waals surface area contributed by atoms with Gasteiger partial charge in [0.2, 0.25) is 0 Å². The third-order valence-electron chi connectivity index (χ3n) is 6.94. The highest BCUT2D eigenvalue weighted by atomic mass is 32.3. The van der Waals surface area contributed by atoms with Crippen LogP contribution < -0.4 is 10.2 Å². The van der Waals surface area contributed by atoms with Gasteiger partial charge in [0.05, 0.1) is 12.0 Å². The van der Waals surface area contributed by atoms with E-state index in [1.807, 2.05) is 0 Å². The average molecular weight is 727 g/mol. The second-order valence-electron chi connectivity index (χ2n) is 9.79. The first-order chi connectivity index (χ1) is 21.8. The van der Waals surface area contributed by atoms with Gasteiger partial charge >= 0.3 is 33.4 Å². The average Bonchev–Trinajstić information content (AvgIpc) is 3.03. The molecular weight excluding hydrogens is 708 g/mol. The van der Waals surface area contributed by atoms with Gasteiger partial charge in [0.1, 0.15) is 5.75 Å². The number of fused-ring (bicyclic) bond motifs is 2. The Morgan fingerprint density at radius 1 is 0.638 bits per heavy atom. The van der Waals surface area contributed by atoms with Crippen LogP contribution >= 0.6 is 21.6 Å². The van der Waals surface area contributed by atoms with E-state index in [9.17, 15) is 43.9 Å². The Kier molecular flexibility index (Phi) is 8.61. The van der Waals surface area contributed by atoms with E-state index in [0.29, 0.717) is 4.70 Å². The summed E-state index contributed by atoms with van der Waals surface area (Å²) in [6.07, 6.45) is -7.28. The molecule has 0 saturated heterocycles. The third kappa shape index (κ3) is 5.32. The van der Waals surface area contributed by atoms with Gasteiger partial charge in [-0.2, -0.15) is 47.9 Å². The maximum absolute atomic E-state index is 15.2. The van der Waals surface area contributed by atoms with E-state index in [-0.39, 0.29) is 31.0 Å². The van der Waals surface area contributed by atoms with Gasteiger partial charge in [0.25, 0.3) is 0 Å². The number of methoxy groups -OCH3 is 1. The fourth-order valence-electron chi connectivity index (χ4n) is 4.62. The van der Waals surface area contributed by atoms with Crippen molar-refractivity contribution in [1.29, 1.82) is 0 Å². The summed E-state index contributed by atoms with van der Waals surface area (Å²) >= 11 is 1.09. The molecule has 0 unspecified atom stereocenters. The minimum atomic E-state index is -7.55. The van der Waals surface area contributed by atoms with Crippen LogP contribution in [0.1, 0.15) is 0 Å². The van der Waals surface area contributed by atoms with Gasteiger partial charge < -0.3 is 4.74 Å². The van der Waals surface area contributed by atoms with Crippen LogP contribution in [0.15, 0.2) is 117 Å². The van der Waals surface area contributed by atoms with Crippen LogP contribution in [0.25, 0.3) is 20.2 Å². The molecule has 17 heteroatoms. The maximum atomic E-state index is 15.2. The Morgan fingerprint density at radius 3 is 1.66 bits per heavy atom. The van der Waals surface area contributed by atoms with Gasteiger partial charge in [-0.15, -0.1) is 11.3 Å². The summed E-state index contributed by atoms with van der Waals surface area (Å²) in [5.74, 6) is -15.4. The van der Waals surface area contributed by atoms with E-state index in [0.717, 1.165) is 48.8 Å². The normalized spacial score (nSPS) is 14.0. The lowest BCUT2D eigenvalue weighted by Crippen LogP contribution is -2.63. The molecule has 0 aliphatic rings. The lowest BCUT2D eigenvalue weighted by atomic mass is 10.1. The predicted octanol–water partition coefficient (Wildman–Crippen LogP) is 9.39. The molecule has 5 rings (SSSR count). The van der Waals surface area contributed by atoms with Gasteiger partial charge in [-0.3, -0.25) is 4.79 Å². The molecule has 4 aromatic carbocycles. The van der Waals surface area contributed by atoms with E-state index < -0.39 is 54.0 Å². The molecule has 0 spiro atoms. The number of rotatable bonds is 9. The zero-order chi connectivity index (χ0) is 34.6. The Morgan fingerprint density at radius 2 is 1.15 bits per heavy atom. The molecule has 0 N–H and O–H groups in total. The quantitative estimate of drug-likeness (QED) is 0.112. The molecule has 0 atom stereocenters. The van der Waals surface area contributed by atoms with E-state index in [1.165, 1.54) is 48.5 Å². The van der Waals surface area contributed by atoms with Crippen LogP contribution in [0.3, 0.4) is 0 Å². The molecule has 47 heavy (non-hydrogen) atoms. The Labute approximate surface area is 265 Å². The second kappa shape index (κ2) is 11.7. The first-order valence-electron chi connectivity index (χ1n) is 13.0. The molecule has 0 fully saturated rings. The van der Waals surface area contributed by atoms with Crippen molar-refractivity contribution in [1.82, 2.24) is 0 Å². The molecule has 0 amide bonds. The van der Waals surface area contributed by atoms with Crippen LogP contribution in [0.5, 0.6) is 5.75 Å². The SMILES string of the molecule is COc1cc2sc3ccccc3c(=O)c2cc1S(OS(=O)(=O)C(F)(F)C(F)(F)C(F)(F)C(F)(F)F)(c1ccccc1)c1ccccc1. The Bertz CT molecular complexity index is 2080. The van der Waals surface area contributed by atoms with Gasteiger partial charge in [-0.05, 0) is 58.8 Å². The van der Waals surface area contributed by atoms with Crippen molar-refractivity contribution in [3.8, 4) is 5.75 Å². The van der Waals surface area contributed by atoms with Crippen molar-refractivity contribution in [2.45, 2.75) is 38.0 Å². The molecule has 1 heterocycles. The number of hydrogen-bond acceptors (Lipinski definition) is 6. The fraction of sp³-hybridized carbons (Fsp3) is 0.167. The smallest absolute Gasteiger partial charge is 0.460 e. The summed E-state index contributed by atoms with van der Waals surface area (Å²) in [7, 11) is -10.8. The Hall–Kier alpha value is -3.80. The molecule has 1 aromatic heterocycles. The van der Waals surface area contributed by atoms with Crippen molar-refractivity contribution in [3.05, 3.63) is 107 Å². The molecule has 0 radical (unpaired) electrons. The first kappa shape index (κ1) is 34.5. The summed E-state index contributed by atoms with van der Waals surface area (Å²) in [4.78, 5) is 12.5. The number of halogens is 9. The summed E-state index contributed by atoms with van der Waals surface area (Å²) in [5.41, 5.74) is -0.614. The zero-order valence-corrected chi connectivity index (χ0v) is 25.9. The van der Waals surface area contributed by atoms with Gasteiger partial charge in [0, 0.05) is 30.0 Å². The number of hydrogen-bond donors (Lipinski definition) is 0. The molecule has 5 aromatic rings. The first-order valence-corrected chi connectivity index (χ1v) is 16.7. The van der Waals surface area contributed by atoms with E-state index in [2.05, 4.69) is 0 Å². The number of ether oxygens (including phenoxy) is 1. The van der Waals surface area contributed by atoms with Crippen molar-refractivity contribution in [2.24, 2.45) is 0 Å². The topological polar surface area (TPSA) is 69.7 Å². The van der Waals surface area contributed by atoms with Crippen LogP contribution in [-0.4, -0.2) is 38.8 Å². The van der Waals surface area contributed by atoms with Gasteiger partial charge in [0.15, 0.2) is 5.43 Å². The highest BCUT2D eigenvalue weighted by molar-refractivity contribution is 8.33. The summed E-state index contributed by atoms with van der Waals surface area (Å²) < 4.78 is 164. The van der Waals surface area contributed by atoms with Crippen LogP contribution in [-0.2, 0) is 13.7 Å². The lowest BCUT2D eigenvalue weighted by molar-refractivity contribution is -0.382. The summed E-state index contributed by atoms with van der Waals surface area (Å²) in [5, 5.41) is -7.07. The molecule has 250 valence electrons. The van der Waals surface area contributed by atoms with E-state index >= 15 is 8.78 Å². The fourth-order valence-corrected chi connectivity index (χ4v) is 11.1. The van der Waals surface area contributed by atoms with E-state index in [4.69, 9.17) is 8.37 Å². The van der Waals surface area contributed by atoms with Gasteiger partial charge in [-0.1, -0.05) is 48.5 Å². The van der Waals surface area contributed by atoms with Crippen molar-refractivity contribution < 1.29 is 56.3 Å². The van der Waals surface area contributed by atoms with Crippen molar-refractivity contribution in [2.75, 3.05) is 7.11 Å². The largest absolute Gasteiger partial charge is 0.495 e. The standard InChI is InChI=1S/C30H19F9O5S3/c1-43-22-17-24-21(26(40)20-14-8-9-15-23(20)45-24)16-25(22)46(18-10-4-2-5-11-18,19-12-6-3-7-13-19)44-47(41,42)30(38,39)28(33,34)27(31,32)29(35,36)37/h2-17H,1H3. The van der Waals surface area contributed by atoms with E-state index in [1.54, 1.807) is 18.2 Å². The van der Waals surface area contributed by atoms with Crippen LogP contribution in [0.4, 0.5) is 39.5 Å². The third-order valence-corrected chi connectivity index (χ3v) is 13.3. The molecule has 5 nitrogen and oxygen atoms in total. The zero-order valence-electron chi connectivity index (χ0n) is 23.4. The van der Waals surface area contributed by atoms with Crippen LogP contribution in [0, 0.1) is 0 Å². The van der Waals surface area contributed by atoms with Gasteiger partial charge in [-0.25, -0.2) is 3.63 Å². The second-order valence-corrected chi connectivity index (χ2v) is 15.3. The molecule has 0 bridgehead atoms. The van der Waals surface area contributed by atoms with Crippen molar-refractivity contribution in [3.63, 3.8) is 0 Å². The minimum absolute atomic E-state index is 0.116. The predicted molar refractivity (Wildman–Crippen MR) is 158 cm³/mol. The summed E-state index contributed by atoms with van der Waals surface area (Å²) in [6, 6.07) is 21.1. The van der Waals surface area contributed by atoms with Crippen LogP contribution in [0.2, 0.25) is 0 Å². The maximum Gasteiger partial charge on any atom is 0.460 e. The molecule has 0 aliphatic heterocycles. The lowest BCUT2D eigenvalue weighted by Gasteiger charge is -2.41. The molecule has 0 aliphatic carbocycles. The molecule has 0 saturated carbocycles. The Balaban J connectivity index is 1.90. The van der Waals surface area contributed by atoms with Crippen molar-refractivity contribution >= 4 is 51.9 Å². The highest BCUT2D eigenvalue weighted by Crippen LogP contribution is 2.73. The number of alkyl halides is 9. The minimum Gasteiger partial charge on any atom is -0.495 e. The summed E-state index contributed by atoms with van der Waals surface area (Å²) in [6.45, 7) is 0. The molecular formula is C30H19F9O5S3. The highest BCUT2D eigenvalue weighted by Gasteiger charge is 2.86. The monoisotopic (exact) mass is 726 g/mol. The number of benzene rings is 4.